The van der Waals surface area contributed by atoms with Crippen molar-refractivity contribution >= 4 is 16.0 Å². The lowest BCUT2D eigenvalue weighted by atomic mass is 10.0. The van der Waals surface area contributed by atoms with Crippen LogP contribution >= 0.6 is 0 Å². The summed E-state index contributed by atoms with van der Waals surface area (Å²) in [5, 5.41) is 7.45. The second-order valence-corrected chi connectivity index (χ2v) is 6.40. The first-order chi connectivity index (χ1) is 7.41. The predicted molar refractivity (Wildman–Crippen MR) is 60.7 cm³/mol. The average molecular weight is 249 g/mol. The van der Waals surface area contributed by atoms with E-state index in [4.69, 9.17) is 5.11 Å². The number of sulfonamides is 1. The summed E-state index contributed by atoms with van der Waals surface area (Å²) in [6.07, 6.45) is 3.42. The molecule has 1 fully saturated rings. The van der Waals surface area contributed by atoms with Crippen molar-refractivity contribution in [3.8, 4) is 0 Å². The van der Waals surface area contributed by atoms with Gasteiger partial charge in [-0.15, -0.1) is 0 Å². The van der Waals surface area contributed by atoms with Gasteiger partial charge in [-0.2, -0.15) is 4.31 Å². The molecule has 16 heavy (non-hydrogen) atoms. The fourth-order valence-corrected chi connectivity index (χ4v) is 3.76. The normalized spacial score (nSPS) is 25.2. The highest BCUT2D eigenvalue weighted by Crippen LogP contribution is 2.24. The Balaban J connectivity index is 2.92. The van der Waals surface area contributed by atoms with E-state index in [2.05, 4.69) is 0 Å². The molecule has 0 amide bonds. The van der Waals surface area contributed by atoms with E-state index in [1.165, 1.54) is 11.2 Å². The van der Waals surface area contributed by atoms with E-state index in [9.17, 15) is 13.2 Å². The maximum absolute atomic E-state index is 12.0. The number of aliphatic carboxylic acids is 1. The van der Waals surface area contributed by atoms with Crippen molar-refractivity contribution in [1.82, 2.24) is 4.31 Å². The molecule has 1 rings (SSSR count). The lowest BCUT2D eigenvalue weighted by Gasteiger charge is -2.35. The van der Waals surface area contributed by atoms with E-state index in [0.29, 0.717) is 6.54 Å². The Labute approximate surface area is 96.5 Å². The van der Waals surface area contributed by atoms with Gasteiger partial charge in [-0.05, 0) is 26.2 Å². The molecule has 2 unspecified atom stereocenters. The standard InChI is InChI=1S/C10H19NO4S/c1-3-9-6-4-5-7-11(9)16(14,15)8(2)10(12)13/h8-9H,3-7H2,1-2H3,(H,12,13). The number of piperidine rings is 1. The van der Waals surface area contributed by atoms with E-state index in [-0.39, 0.29) is 6.04 Å². The van der Waals surface area contributed by atoms with Crippen LogP contribution in [-0.2, 0) is 14.8 Å². The van der Waals surface area contributed by atoms with Gasteiger partial charge < -0.3 is 5.11 Å². The smallest absolute Gasteiger partial charge is 0.323 e. The van der Waals surface area contributed by atoms with Gasteiger partial charge in [0.25, 0.3) is 0 Å². The van der Waals surface area contributed by atoms with Crippen molar-refractivity contribution in [2.24, 2.45) is 0 Å². The summed E-state index contributed by atoms with van der Waals surface area (Å²) in [6.45, 7) is 3.63. The summed E-state index contributed by atoms with van der Waals surface area (Å²) in [5.41, 5.74) is 0. The molecular weight excluding hydrogens is 230 g/mol. The first-order valence-electron chi connectivity index (χ1n) is 5.64. The van der Waals surface area contributed by atoms with Crippen LogP contribution in [-0.4, -0.2) is 41.6 Å². The molecule has 5 nitrogen and oxygen atoms in total. The largest absolute Gasteiger partial charge is 0.480 e. The lowest BCUT2D eigenvalue weighted by Crippen LogP contribution is -2.48. The van der Waals surface area contributed by atoms with Crippen LogP contribution in [0.2, 0.25) is 0 Å². The number of carboxylic acids is 1. The van der Waals surface area contributed by atoms with Crippen LogP contribution in [0.1, 0.15) is 39.5 Å². The molecule has 0 aromatic carbocycles. The van der Waals surface area contributed by atoms with Crippen LogP contribution in [0.3, 0.4) is 0 Å². The van der Waals surface area contributed by atoms with Gasteiger partial charge in [0.15, 0.2) is 5.25 Å². The highest BCUT2D eigenvalue weighted by molar-refractivity contribution is 7.90. The zero-order chi connectivity index (χ0) is 12.3. The molecule has 1 N–H and O–H groups in total. The van der Waals surface area contributed by atoms with E-state index in [1.807, 2.05) is 6.92 Å². The summed E-state index contributed by atoms with van der Waals surface area (Å²) in [5.74, 6) is -1.28. The van der Waals surface area contributed by atoms with E-state index in [0.717, 1.165) is 25.7 Å². The molecule has 2 atom stereocenters. The monoisotopic (exact) mass is 249 g/mol. The molecule has 0 aromatic heterocycles. The predicted octanol–water partition coefficient (Wildman–Crippen LogP) is 1.05. The first-order valence-corrected chi connectivity index (χ1v) is 7.15. The van der Waals surface area contributed by atoms with Crippen LogP contribution < -0.4 is 0 Å². The molecule has 0 spiro atoms. The van der Waals surface area contributed by atoms with Gasteiger partial charge in [0, 0.05) is 12.6 Å². The third-order valence-electron chi connectivity index (χ3n) is 3.17. The quantitative estimate of drug-likeness (QED) is 0.808. The van der Waals surface area contributed by atoms with Crippen molar-refractivity contribution in [1.29, 1.82) is 0 Å². The molecule has 6 heteroatoms. The Morgan fingerprint density at radius 3 is 2.62 bits per heavy atom. The van der Waals surface area contributed by atoms with Gasteiger partial charge in [-0.3, -0.25) is 4.79 Å². The second-order valence-electron chi connectivity index (χ2n) is 4.19. The van der Waals surface area contributed by atoms with E-state index < -0.39 is 21.2 Å². The minimum Gasteiger partial charge on any atom is -0.480 e. The summed E-state index contributed by atoms with van der Waals surface area (Å²) < 4.78 is 25.5. The molecule has 0 aromatic rings. The van der Waals surface area contributed by atoms with Crippen LogP contribution in [0.4, 0.5) is 0 Å². The fraction of sp³-hybridized carbons (Fsp3) is 0.900. The number of carboxylic acid groups (broad SMARTS) is 1. The second kappa shape index (κ2) is 5.14. The van der Waals surface area contributed by atoms with Crippen molar-refractivity contribution in [2.75, 3.05) is 6.54 Å². The number of nitrogens with zero attached hydrogens (tertiary/aromatic N) is 1. The molecule has 0 bridgehead atoms. The summed E-state index contributed by atoms with van der Waals surface area (Å²) >= 11 is 0. The van der Waals surface area contributed by atoms with Gasteiger partial charge in [0.2, 0.25) is 10.0 Å². The molecule has 94 valence electrons. The first kappa shape index (κ1) is 13.4. The van der Waals surface area contributed by atoms with Crippen LogP contribution in [0.15, 0.2) is 0 Å². The van der Waals surface area contributed by atoms with Gasteiger partial charge in [-0.1, -0.05) is 13.3 Å². The Bertz CT molecular complexity index is 352. The van der Waals surface area contributed by atoms with Gasteiger partial charge in [0.1, 0.15) is 0 Å². The average Bonchev–Trinajstić information content (AvgIpc) is 2.27. The molecule has 1 aliphatic rings. The number of carbonyl (C=O) groups is 1. The Morgan fingerprint density at radius 1 is 1.50 bits per heavy atom. The Morgan fingerprint density at radius 2 is 2.12 bits per heavy atom. The zero-order valence-corrected chi connectivity index (χ0v) is 10.5. The van der Waals surface area contributed by atoms with Crippen LogP contribution in [0.25, 0.3) is 0 Å². The maximum Gasteiger partial charge on any atom is 0.323 e. The van der Waals surface area contributed by atoms with Crippen LogP contribution in [0, 0.1) is 0 Å². The third-order valence-corrected chi connectivity index (χ3v) is 5.40. The summed E-state index contributed by atoms with van der Waals surface area (Å²) in [4.78, 5) is 10.8. The van der Waals surface area contributed by atoms with Gasteiger partial charge >= 0.3 is 5.97 Å². The summed E-state index contributed by atoms with van der Waals surface area (Å²) in [7, 11) is -3.69. The molecule has 0 aliphatic carbocycles. The fourth-order valence-electron chi connectivity index (χ4n) is 2.05. The van der Waals surface area contributed by atoms with Crippen molar-refractivity contribution in [3.63, 3.8) is 0 Å². The van der Waals surface area contributed by atoms with Crippen molar-refractivity contribution < 1.29 is 18.3 Å². The molecular formula is C10H19NO4S. The molecule has 1 saturated heterocycles. The van der Waals surface area contributed by atoms with E-state index >= 15 is 0 Å². The SMILES string of the molecule is CCC1CCCCN1S(=O)(=O)C(C)C(=O)O. The molecule has 0 saturated carbocycles. The summed E-state index contributed by atoms with van der Waals surface area (Å²) in [6, 6.07) is -0.0273. The minimum atomic E-state index is -3.69. The third kappa shape index (κ3) is 2.55. The van der Waals surface area contributed by atoms with E-state index in [1.54, 1.807) is 0 Å². The highest BCUT2D eigenvalue weighted by Gasteiger charge is 2.38. The number of hydrogen-bond donors (Lipinski definition) is 1. The molecule has 1 heterocycles. The van der Waals surface area contributed by atoms with Crippen molar-refractivity contribution in [3.05, 3.63) is 0 Å². The number of hydrogen-bond acceptors (Lipinski definition) is 3. The topological polar surface area (TPSA) is 74.7 Å². The lowest BCUT2D eigenvalue weighted by molar-refractivity contribution is -0.136. The Kier molecular flexibility index (Phi) is 4.32. The van der Waals surface area contributed by atoms with Gasteiger partial charge in [0.05, 0.1) is 0 Å². The van der Waals surface area contributed by atoms with Crippen LogP contribution in [0.5, 0.6) is 0 Å². The van der Waals surface area contributed by atoms with Gasteiger partial charge in [-0.25, -0.2) is 8.42 Å². The highest BCUT2D eigenvalue weighted by atomic mass is 32.2. The molecule has 1 aliphatic heterocycles. The Hall–Kier alpha value is -0.620. The number of rotatable bonds is 4. The molecule has 0 radical (unpaired) electrons. The van der Waals surface area contributed by atoms with Crippen molar-refractivity contribution in [2.45, 2.75) is 50.8 Å². The zero-order valence-electron chi connectivity index (χ0n) is 9.72. The maximum atomic E-state index is 12.0. The minimum absolute atomic E-state index is 0.0273.